The van der Waals surface area contributed by atoms with Crippen molar-refractivity contribution in [3.05, 3.63) is 70.5 Å². The van der Waals surface area contributed by atoms with Gasteiger partial charge in [-0.1, -0.05) is 55.7 Å². The zero-order valence-corrected chi connectivity index (χ0v) is 16.9. The number of urea groups is 1. The lowest BCUT2D eigenvalue weighted by atomic mass is 9.84. The van der Waals surface area contributed by atoms with E-state index in [1.807, 2.05) is 32.9 Å². The van der Waals surface area contributed by atoms with Crippen molar-refractivity contribution in [1.82, 2.24) is 10.2 Å². The molecule has 29 heavy (non-hydrogen) atoms. The third-order valence-electron chi connectivity index (χ3n) is 5.40. The summed E-state index contributed by atoms with van der Waals surface area (Å²) in [7, 11) is 0. The fourth-order valence-corrected chi connectivity index (χ4v) is 3.81. The number of benzene rings is 2. The maximum absolute atomic E-state index is 13.4. The molecule has 0 saturated carbocycles. The molecule has 5 nitrogen and oxygen atoms in total. The summed E-state index contributed by atoms with van der Waals surface area (Å²) >= 11 is 0. The van der Waals surface area contributed by atoms with E-state index in [-0.39, 0.29) is 12.3 Å². The molecule has 0 radical (unpaired) electrons. The average Bonchev–Trinajstić information content (AvgIpc) is 2.92. The van der Waals surface area contributed by atoms with Crippen LogP contribution in [0.2, 0.25) is 0 Å². The van der Waals surface area contributed by atoms with Crippen LogP contribution in [0.25, 0.3) is 0 Å². The molecule has 2 aromatic rings. The Balaban J connectivity index is 1.91. The van der Waals surface area contributed by atoms with Crippen LogP contribution in [0.1, 0.15) is 53.2 Å². The van der Waals surface area contributed by atoms with Crippen molar-refractivity contribution in [1.29, 1.82) is 0 Å². The second-order valence-electron chi connectivity index (χ2n) is 7.58. The fourth-order valence-electron chi connectivity index (χ4n) is 3.81. The molecule has 0 aromatic heterocycles. The lowest BCUT2D eigenvalue weighted by molar-refractivity contribution is -0.131. The number of Topliss-reactive ketones (excluding diaryl/α,β-unsaturated/α-hetero) is 1. The van der Waals surface area contributed by atoms with Crippen LogP contribution in [0, 0.1) is 19.7 Å². The Bertz CT molecular complexity index is 955. The molecule has 1 N–H and O–H groups in total. The molecule has 0 aliphatic carbocycles. The van der Waals surface area contributed by atoms with Crippen molar-refractivity contribution in [3.8, 4) is 0 Å². The number of hydrogen-bond donors (Lipinski definition) is 1. The van der Waals surface area contributed by atoms with Gasteiger partial charge in [0.15, 0.2) is 5.78 Å². The van der Waals surface area contributed by atoms with E-state index in [1.165, 1.54) is 24.3 Å². The number of nitrogens with zero attached hydrogens (tertiary/aromatic N) is 1. The molecule has 152 valence electrons. The van der Waals surface area contributed by atoms with Gasteiger partial charge in [0.25, 0.3) is 5.91 Å². The number of carbonyl (C=O) groups excluding carboxylic acids is 3. The minimum atomic E-state index is -1.27. The van der Waals surface area contributed by atoms with Gasteiger partial charge in [-0.2, -0.15) is 0 Å². The first-order chi connectivity index (χ1) is 13.8. The number of nitrogens with one attached hydrogen (secondary N) is 1. The number of rotatable bonds is 7. The third-order valence-corrected chi connectivity index (χ3v) is 5.40. The second kappa shape index (κ2) is 8.15. The summed E-state index contributed by atoms with van der Waals surface area (Å²) in [5.41, 5.74) is 1.57. The van der Waals surface area contributed by atoms with E-state index in [9.17, 15) is 18.8 Å². The first-order valence-electron chi connectivity index (χ1n) is 9.79. The van der Waals surface area contributed by atoms with Crippen molar-refractivity contribution >= 4 is 17.7 Å². The Hall–Kier alpha value is -3.02. The molecular weight excluding hydrogens is 371 g/mol. The van der Waals surface area contributed by atoms with E-state index in [4.69, 9.17) is 0 Å². The molecule has 2 aromatic carbocycles. The number of unbranched alkanes of at least 4 members (excludes halogenated alkanes) is 1. The highest BCUT2D eigenvalue weighted by Crippen LogP contribution is 2.34. The van der Waals surface area contributed by atoms with Gasteiger partial charge in [-0.15, -0.1) is 0 Å². The quantitative estimate of drug-likeness (QED) is 0.562. The van der Waals surface area contributed by atoms with E-state index in [0.29, 0.717) is 24.0 Å². The predicted molar refractivity (Wildman–Crippen MR) is 108 cm³/mol. The lowest BCUT2D eigenvalue weighted by Gasteiger charge is -2.27. The Morgan fingerprint density at radius 1 is 1.10 bits per heavy atom. The van der Waals surface area contributed by atoms with Gasteiger partial charge in [-0.3, -0.25) is 14.5 Å². The second-order valence-corrected chi connectivity index (χ2v) is 7.58. The number of ketones is 1. The molecular formula is C23H25FN2O3. The smallest absolute Gasteiger partial charge is 0.319 e. The van der Waals surface area contributed by atoms with Gasteiger partial charge >= 0.3 is 6.03 Å². The van der Waals surface area contributed by atoms with Crippen molar-refractivity contribution < 1.29 is 18.8 Å². The molecule has 6 heteroatoms. The zero-order chi connectivity index (χ0) is 21.2. The van der Waals surface area contributed by atoms with Crippen molar-refractivity contribution in [3.63, 3.8) is 0 Å². The zero-order valence-electron chi connectivity index (χ0n) is 16.9. The number of imide groups is 1. The Morgan fingerprint density at radius 3 is 2.41 bits per heavy atom. The molecule has 3 amide bonds. The van der Waals surface area contributed by atoms with Crippen molar-refractivity contribution in [2.45, 2.75) is 45.6 Å². The van der Waals surface area contributed by atoms with Gasteiger partial charge < -0.3 is 5.32 Å². The highest BCUT2D eigenvalue weighted by molar-refractivity contribution is 6.11. The van der Waals surface area contributed by atoms with Gasteiger partial charge in [0.05, 0.1) is 6.54 Å². The van der Waals surface area contributed by atoms with Crippen LogP contribution in [-0.2, 0) is 10.3 Å². The van der Waals surface area contributed by atoms with Gasteiger partial charge in [0.2, 0.25) is 0 Å². The minimum Gasteiger partial charge on any atom is -0.319 e. The highest BCUT2D eigenvalue weighted by Gasteiger charge is 2.52. The van der Waals surface area contributed by atoms with Crippen LogP contribution >= 0.6 is 0 Å². The molecule has 1 atom stereocenters. The van der Waals surface area contributed by atoms with Gasteiger partial charge in [0.1, 0.15) is 11.4 Å². The molecule has 0 spiro atoms. The third kappa shape index (κ3) is 3.92. The van der Waals surface area contributed by atoms with E-state index in [1.54, 1.807) is 6.07 Å². The van der Waals surface area contributed by atoms with Crippen LogP contribution < -0.4 is 5.32 Å². The minimum absolute atomic E-state index is 0.295. The molecule has 1 saturated heterocycles. The van der Waals surface area contributed by atoms with Gasteiger partial charge in [0, 0.05) is 5.56 Å². The largest absolute Gasteiger partial charge is 0.325 e. The lowest BCUT2D eigenvalue weighted by Crippen LogP contribution is -2.44. The summed E-state index contributed by atoms with van der Waals surface area (Å²) in [6.07, 6.45) is 1.91. The standard InChI is InChI=1S/C23H25FN2O3/c1-4-5-12-23(17-7-9-18(24)10-8-17)21(28)26(22(29)25-23)14-20(27)19-11-6-15(2)13-16(19)3/h6-11,13H,4-5,12,14H2,1-3H3,(H,25,29)/t23-/m1/s1. The Kier molecular flexibility index (Phi) is 5.82. The number of aryl methyl sites for hydroxylation is 2. The SMILES string of the molecule is CCCC[C@]1(c2ccc(F)cc2)NC(=O)N(CC(=O)c2ccc(C)cc2C)C1=O. The summed E-state index contributed by atoms with van der Waals surface area (Å²) < 4.78 is 13.4. The normalized spacial score (nSPS) is 18.8. The van der Waals surface area contributed by atoms with E-state index < -0.39 is 23.3 Å². The Morgan fingerprint density at radius 2 is 1.79 bits per heavy atom. The summed E-state index contributed by atoms with van der Waals surface area (Å²) in [5.74, 6) is -1.19. The molecule has 1 aliphatic rings. The molecule has 1 heterocycles. The van der Waals surface area contributed by atoms with Crippen LogP contribution in [0.5, 0.6) is 0 Å². The van der Waals surface area contributed by atoms with Crippen molar-refractivity contribution in [2.24, 2.45) is 0 Å². The topological polar surface area (TPSA) is 66.5 Å². The molecule has 0 bridgehead atoms. The van der Waals surface area contributed by atoms with Crippen LogP contribution in [0.3, 0.4) is 0 Å². The predicted octanol–water partition coefficient (Wildman–Crippen LogP) is 4.26. The monoisotopic (exact) mass is 396 g/mol. The molecule has 0 unspecified atom stereocenters. The van der Waals surface area contributed by atoms with Crippen molar-refractivity contribution in [2.75, 3.05) is 6.54 Å². The fraction of sp³-hybridized carbons (Fsp3) is 0.348. The maximum Gasteiger partial charge on any atom is 0.325 e. The van der Waals surface area contributed by atoms with Crippen LogP contribution in [0.4, 0.5) is 9.18 Å². The Labute approximate surface area is 169 Å². The van der Waals surface area contributed by atoms with Crippen LogP contribution in [0.15, 0.2) is 42.5 Å². The first kappa shape index (κ1) is 20.7. The molecule has 1 fully saturated rings. The first-order valence-corrected chi connectivity index (χ1v) is 9.79. The number of halogens is 1. The summed E-state index contributed by atoms with van der Waals surface area (Å²) in [6.45, 7) is 5.42. The summed E-state index contributed by atoms with van der Waals surface area (Å²) in [6, 6.07) is 10.4. The number of amides is 3. The average molecular weight is 396 g/mol. The molecule has 1 aliphatic heterocycles. The van der Waals surface area contributed by atoms with Gasteiger partial charge in [-0.05, 0) is 43.5 Å². The van der Waals surface area contributed by atoms with E-state index in [2.05, 4.69) is 5.32 Å². The summed E-state index contributed by atoms with van der Waals surface area (Å²) in [5, 5.41) is 2.78. The number of hydrogen-bond acceptors (Lipinski definition) is 3. The number of carbonyl (C=O) groups is 3. The van der Waals surface area contributed by atoms with E-state index in [0.717, 1.165) is 22.4 Å². The van der Waals surface area contributed by atoms with Crippen LogP contribution in [-0.4, -0.2) is 29.2 Å². The maximum atomic E-state index is 13.4. The summed E-state index contributed by atoms with van der Waals surface area (Å²) in [4.78, 5) is 39.8. The van der Waals surface area contributed by atoms with Gasteiger partial charge in [-0.25, -0.2) is 9.18 Å². The molecule has 3 rings (SSSR count). The van der Waals surface area contributed by atoms with E-state index >= 15 is 0 Å². The highest BCUT2D eigenvalue weighted by atomic mass is 19.1.